The van der Waals surface area contributed by atoms with E-state index in [1.807, 2.05) is 36.2 Å². The van der Waals surface area contributed by atoms with Crippen molar-refractivity contribution in [3.63, 3.8) is 0 Å². The fourth-order valence-electron chi connectivity index (χ4n) is 3.11. The number of fused-ring (bicyclic) bond motifs is 3. The van der Waals surface area contributed by atoms with Gasteiger partial charge in [-0.25, -0.2) is 0 Å². The van der Waals surface area contributed by atoms with Gasteiger partial charge in [-0.15, -0.1) is 0 Å². The molecule has 1 fully saturated rings. The number of likely N-dealkylation sites (tertiary alicyclic amines) is 1. The monoisotopic (exact) mass is 205 g/mol. The number of likely N-dealkylation sites (N-methyl/N-ethyl adjacent to an activating group) is 1. The van der Waals surface area contributed by atoms with Crippen molar-refractivity contribution in [2.24, 2.45) is 0 Å². The highest BCUT2D eigenvalue weighted by Gasteiger charge is 2.55. The maximum absolute atomic E-state index is 10.6. The molecule has 0 aromatic heterocycles. The first kappa shape index (κ1) is 9.33. The van der Waals surface area contributed by atoms with Crippen molar-refractivity contribution >= 4 is 0 Å². The molecule has 1 aromatic carbocycles. The molecule has 1 aromatic rings. The van der Waals surface area contributed by atoms with Crippen LogP contribution in [0, 0.1) is 0 Å². The number of aliphatic hydroxyl groups is 2. The van der Waals surface area contributed by atoms with Crippen molar-refractivity contribution < 1.29 is 10.2 Å². The van der Waals surface area contributed by atoms with Gasteiger partial charge in [0.1, 0.15) is 5.60 Å². The Morgan fingerprint density at radius 3 is 2.93 bits per heavy atom. The lowest BCUT2D eigenvalue weighted by atomic mass is 9.92. The summed E-state index contributed by atoms with van der Waals surface area (Å²) in [6.07, 6.45) is 0.154. The van der Waals surface area contributed by atoms with E-state index < -0.39 is 11.7 Å². The van der Waals surface area contributed by atoms with E-state index in [-0.39, 0.29) is 6.04 Å². The molecule has 2 N–H and O–H groups in total. The minimum atomic E-state index is -0.843. The zero-order valence-electron chi connectivity index (χ0n) is 8.72. The van der Waals surface area contributed by atoms with Crippen molar-refractivity contribution in [2.75, 3.05) is 13.6 Å². The van der Waals surface area contributed by atoms with Crippen molar-refractivity contribution in [1.29, 1.82) is 0 Å². The zero-order valence-corrected chi connectivity index (χ0v) is 8.72. The first-order valence-electron chi connectivity index (χ1n) is 5.35. The van der Waals surface area contributed by atoms with Crippen LogP contribution in [0.5, 0.6) is 0 Å². The van der Waals surface area contributed by atoms with Crippen LogP contribution in [-0.4, -0.2) is 34.7 Å². The van der Waals surface area contributed by atoms with Gasteiger partial charge in [0.2, 0.25) is 0 Å². The van der Waals surface area contributed by atoms with E-state index >= 15 is 0 Å². The molecule has 1 aliphatic carbocycles. The Morgan fingerprint density at radius 2 is 2.13 bits per heavy atom. The summed E-state index contributed by atoms with van der Waals surface area (Å²) in [4.78, 5) is 2.05. The van der Waals surface area contributed by atoms with Crippen LogP contribution < -0.4 is 0 Å². The Hall–Kier alpha value is -0.900. The predicted molar refractivity (Wildman–Crippen MR) is 56.3 cm³/mol. The maximum Gasteiger partial charge on any atom is 0.109 e. The number of rotatable bonds is 0. The Kier molecular flexibility index (Phi) is 1.75. The first-order chi connectivity index (χ1) is 7.14. The average Bonchev–Trinajstić information content (AvgIpc) is 2.65. The summed E-state index contributed by atoms with van der Waals surface area (Å²) in [5.74, 6) is 0. The van der Waals surface area contributed by atoms with Crippen LogP contribution in [0.4, 0.5) is 0 Å². The Bertz CT molecular complexity index is 406. The second-order valence-electron chi connectivity index (χ2n) is 4.63. The Labute approximate surface area is 89.0 Å². The van der Waals surface area contributed by atoms with Crippen LogP contribution in [0.15, 0.2) is 24.3 Å². The normalized spacial score (nSPS) is 39.1. The molecule has 3 heteroatoms. The van der Waals surface area contributed by atoms with Gasteiger partial charge in [-0.3, -0.25) is 4.90 Å². The largest absolute Gasteiger partial charge is 0.387 e. The van der Waals surface area contributed by atoms with E-state index in [1.165, 1.54) is 0 Å². The molecule has 0 bridgehead atoms. The van der Waals surface area contributed by atoms with E-state index in [9.17, 15) is 10.2 Å². The van der Waals surface area contributed by atoms with E-state index in [4.69, 9.17) is 0 Å². The molecular weight excluding hydrogens is 190 g/mol. The van der Waals surface area contributed by atoms with Gasteiger partial charge in [0.15, 0.2) is 0 Å². The van der Waals surface area contributed by atoms with E-state index in [1.54, 1.807) is 0 Å². The summed E-state index contributed by atoms with van der Waals surface area (Å²) in [7, 11) is 1.96. The molecule has 0 radical (unpaired) electrons. The number of hydrogen-bond donors (Lipinski definition) is 2. The van der Waals surface area contributed by atoms with E-state index in [0.29, 0.717) is 6.42 Å². The molecule has 3 nitrogen and oxygen atoms in total. The van der Waals surface area contributed by atoms with Crippen LogP contribution in [0.25, 0.3) is 0 Å². The van der Waals surface area contributed by atoms with Gasteiger partial charge in [0.05, 0.1) is 12.1 Å². The summed E-state index contributed by atoms with van der Waals surface area (Å²) < 4.78 is 0. The van der Waals surface area contributed by atoms with Crippen LogP contribution in [0.1, 0.15) is 23.7 Å². The molecule has 0 amide bonds. The summed E-state index contributed by atoms with van der Waals surface area (Å²) in [5, 5.41) is 20.8. The lowest BCUT2D eigenvalue weighted by Gasteiger charge is -2.27. The fourth-order valence-corrected chi connectivity index (χ4v) is 3.11. The van der Waals surface area contributed by atoms with Crippen LogP contribution in [0.2, 0.25) is 0 Å². The molecule has 2 aliphatic rings. The molecule has 1 saturated heterocycles. The molecule has 0 unspecified atom stereocenters. The van der Waals surface area contributed by atoms with Gasteiger partial charge in [0, 0.05) is 6.54 Å². The van der Waals surface area contributed by atoms with Gasteiger partial charge in [0.25, 0.3) is 0 Å². The summed E-state index contributed by atoms with van der Waals surface area (Å²) in [6, 6.07) is 7.49. The highest BCUT2D eigenvalue weighted by Crippen LogP contribution is 2.50. The summed E-state index contributed by atoms with van der Waals surface area (Å²) in [5.41, 5.74) is 0.952. The van der Waals surface area contributed by atoms with Gasteiger partial charge in [-0.05, 0) is 24.6 Å². The lowest BCUT2D eigenvalue weighted by molar-refractivity contribution is -0.0312. The number of benzene rings is 1. The minimum Gasteiger partial charge on any atom is -0.387 e. The fraction of sp³-hybridized carbons (Fsp3) is 0.500. The Morgan fingerprint density at radius 1 is 1.40 bits per heavy atom. The highest BCUT2D eigenvalue weighted by molar-refractivity contribution is 5.43. The molecule has 1 heterocycles. The molecule has 0 saturated carbocycles. The van der Waals surface area contributed by atoms with Crippen molar-refractivity contribution in [1.82, 2.24) is 4.90 Å². The van der Waals surface area contributed by atoms with Gasteiger partial charge < -0.3 is 10.2 Å². The zero-order chi connectivity index (χ0) is 10.6. The standard InChI is InChI=1S/C12H15NO2/c1-13-7-6-12(15)9-5-3-2-4-8(9)10(14)11(12)13/h2-5,10-11,14-15H,6-7H2,1H3/t10-,11+,12+/m0/s1. The van der Waals surface area contributed by atoms with Crippen molar-refractivity contribution in [3.05, 3.63) is 35.4 Å². The predicted octanol–water partition coefficient (Wildman–Crippen LogP) is 0.625. The number of hydrogen-bond acceptors (Lipinski definition) is 3. The molecule has 0 spiro atoms. The average molecular weight is 205 g/mol. The SMILES string of the molecule is CN1CC[C@@]2(O)c3ccccc3[C@H](O)[C@@H]12. The molecule has 15 heavy (non-hydrogen) atoms. The second kappa shape index (κ2) is 2.82. The topological polar surface area (TPSA) is 43.7 Å². The lowest BCUT2D eigenvalue weighted by Crippen LogP contribution is -2.39. The highest BCUT2D eigenvalue weighted by atomic mass is 16.3. The van der Waals surface area contributed by atoms with Crippen LogP contribution >= 0.6 is 0 Å². The molecule has 3 atom stereocenters. The quantitative estimate of drug-likeness (QED) is 0.652. The third kappa shape index (κ3) is 1.00. The smallest absolute Gasteiger partial charge is 0.109 e. The maximum atomic E-state index is 10.6. The summed E-state index contributed by atoms with van der Waals surface area (Å²) in [6.45, 7) is 0.840. The van der Waals surface area contributed by atoms with Crippen molar-refractivity contribution in [2.45, 2.75) is 24.2 Å². The number of nitrogens with zero attached hydrogens (tertiary/aromatic N) is 1. The van der Waals surface area contributed by atoms with Gasteiger partial charge >= 0.3 is 0 Å². The second-order valence-corrected chi connectivity index (χ2v) is 4.63. The van der Waals surface area contributed by atoms with Gasteiger partial charge in [-0.2, -0.15) is 0 Å². The summed E-state index contributed by atoms with van der Waals surface area (Å²) >= 11 is 0. The molecular formula is C12H15NO2. The van der Waals surface area contributed by atoms with Crippen LogP contribution in [0.3, 0.4) is 0 Å². The van der Waals surface area contributed by atoms with Crippen LogP contribution in [-0.2, 0) is 5.60 Å². The minimum absolute atomic E-state index is 0.171. The van der Waals surface area contributed by atoms with Crippen molar-refractivity contribution in [3.8, 4) is 0 Å². The Balaban J connectivity index is 2.19. The van der Waals surface area contributed by atoms with E-state index in [2.05, 4.69) is 0 Å². The van der Waals surface area contributed by atoms with E-state index in [0.717, 1.165) is 17.7 Å². The van der Waals surface area contributed by atoms with Gasteiger partial charge in [-0.1, -0.05) is 24.3 Å². The molecule has 1 aliphatic heterocycles. The number of aliphatic hydroxyl groups excluding tert-OH is 1. The molecule has 3 rings (SSSR count). The third-order valence-corrected chi connectivity index (χ3v) is 3.85. The molecule has 80 valence electrons. The third-order valence-electron chi connectivity index (χ3n) is 3.85. The first-order valence-corrected chi connectivity index (χ1v) is 5.35.